The highest BCUT2D eigenvalue weighted by molar-refractivity contribution is 5.81. The summed E-state index contributed by atoms with van der Waals surface area (Å²) in [7, 11) is 2.05. The first-order valence-electron chi connectivity index (χ1n) is 9.29. The summed E-state index contributed by atoms with van der Waals surface area (Å²) in [6.45, 7) is 8.80. The molecule has 4 rings (SSSR count). The summed E-state index contributed by atoms with van der Waals surface area (Å²) in [5, 5.41) is 2.52. The highest BCUT2D eigenvalue weighted by atomic mass is 15.0. The molecule has 27 heavy (non-hydrogen) atoms. The van der Waals surface area contributed by atoms with Crippen molar-refractivity contribution in [1.29, 1.82) is 0 Å². The maximum absolute atomic E-state index is 4.23. The summed E-state index contributed by atoms with van der Waals surface area (Å²) in [5.74, 6) is 0. The molecule has 2 aromatic heterocycles. The number of hydrogen-bond donors (Lipinski definition) is 0. The Morgan fingerprint density at radius 1 is 0.852 bits per heavy atom. The molecule has 3 nitrogen and oxygen atoms in total. The Hall–Kier alpha value is -3.07. The molecular formula is C24H25N3+2. The third-order valence-electron chi connectivity index (χ3n) is 5.38. The standard InChI is InChI=1S/C24H25N3/c1-16-12-17(2)24(19(4)23(16)22-10-11-25-15-26(22)5)27-14-21-9-7-6-8-20(21)13-18(27)3/h6-15H,1-5H3/q+2. The first-order chi connectivity index (χ1) is 13.0. The second-order valence-electron chi connectivity index (χ2n) is 7.35. The number of rotatable bonds is 2. The third-order valence-corrected chi connectivity index (χ3v) is 5.38. The van der Waals surface area contributed by atoms with E-state index in [1.54, 1.807) is 0 Å². The number of aryl methyl sites for hydroxylation is 4. The largest absolute Gasteiger partial charge is 0.286 e. The Morgan fingerprint density at radius 3 is 2.33 bits per heavy atom. The van der Waals surface area contributed by atoms with E-state index >= 15 is 0 Å². The van der Waals surface area contributed by atoms with Crippen molar-refractivity contribution in [2.45, 2.75) is 27.7 Å². The molecule has 0 bridgehead atoms. The summed E-state index contributed by atoms with van der Waals surface area (Å²) in [5.41, 5.74) is 8.81. The monoisotopic (exact) mass is 355 g/mol. The third kappa shape index (κ3) is 2.89. The zero-order valence-electron chi connectivity index (χ0n) is 16.6. The summed E-state index contributed by atoms with van der Waals surface area (Å²) in [4.78, 5) is 4.23. The van der Waals surface area contributed by atoms with E-state index in [0.717, 1.165) is 0 Å². The van der Waals surface area contributed by atoms with Crippen LogP contribution < -0.4 is 9.13 Å². The number of nitrogens with zero attached hydrogens (tertiary/aromatic N) is 3. The van der Waals surface area contributed by atoms with Gasteiger partial charge in [0, 0.05) is 41.1 Å². The van der Waals surface area contributed by atoms with Crippen LogP contribution in [-0.2, 0) is 7.05 Å². The second-order valence-corrected chi connectivity index (χ2v) is 7.35. The van der Waals surface area contributed by atoms with Gasteiger partial charge < -0.3 is 0 Å². The van der Waals surface area contributed by atoms with Crippen LogP contribution in [-0.4, -0.2) is 4.98 Å². The predicted octanol–water partition coefficient (Wildman–Crippen LogP) is 4.24. The van der Waals surface area contributed by atoms with Crippen LogP contribution in [0.1, 0.15) is 22.4 Å². The topological polar surface area (TPSA) is 20.6 Å². The minimum absolute atomic E-state index is 1.18. The fourth-order valence-corrected chi connectivity index (χ4v) is 4.17. The summed E-state index contributed by atoms with van der Waals surface area (Å²) in [6, 6.07) is 15.2. The predicted molar refractivity (Wildman–Crippen MR) is 109 cm³/mol. The Balaban J connectivity index is 2.04. The summed E-state index contributed by atoms with van der Waals surface area (Å²) >= 11 is 0. The van der Waals surface area contributed by atoms with Crippen molar-refractivity contribution in [3.05, 3.63) is 83.6 Å². The molecule has 0 atom stereocenters. The molecule has 0 radical (unpaired) electrons. The minimum Gasteiger partial charge on any atom is -0.233 e. The molecule has 2 aromatic carbocycles. The van der Waals surface area contributed by atoms with Crippen molar-refractivity contribution in [2.24, 2.45) is 7.05 Å². The van der Waals surface area contributed by atoms with Gasteiger partial charge in [0.1, 0.15) is 11.9 Å². The lowest BCUT2D eigenvalue weighted by Crippen LogP contribution is -2.37. The van der Waals surface area contributed by atoms with E-state index in [0.29, 0.717) is 0 Å². The van der Waals surface area contributed by atoms with Gasteiger partial charge in [-0.3, -0.25) is 0 Å². The number of benzene rings is 2. The molecule has 0 unspecified atom stereocenters. The van der Waals surface area contributed by atoms with E-state index in [1.807, 2.05) is 12.5 Å². The number of hydrogen-bond acceptors (Lipinski definition) is 1. The van der Waals surface area contributed by atoms with Gasteiger partial charge >= 0.3 is 0 Å². The Morgan fingerprint density at radius 2 is 1.59 bits per heavy atom. The first-order valence-corrected chi connectivity index (χ1v) is 9.29. The maximum atomic E-state index is 4.23. The molecule has 0 aliphatic heterocycles. The molecular weight excluding hydrogens is 330 g/mol. The van der Waals surface area contributed by atoms with Gasteiger partial charge in [0.05, 0.1) is 7.05 Å². The van der Waals surface area contributed by atoms with Crippen LogP contribution in [0.5, 0.6) is 0 Å². The van der Waals surface area contributed by atoms with Gasteiger partial charge in [0.15, 0.2) is 11.9 Å². The van der Waals surface area contributed by atoms with Crippen LogP contribution in [0.3, 0.4) is 0 Å². The van der Waals surface area contributed by atoms with Crippen molar-refractivity contribution < 1.29 is 9.13 Å². The Labute approximate surface area is 160 Å². The molecule has 0 amide bonds. The lowest BCUT2D eigenvalue weighted by molar-refractivity contribution is -0.663. The van der Waals surface area contributed by atoms with E-state index in [-0.39, 0.29) is 0 Å². The number of fused-ring (bicyclic) bond motifs is 1. The highest BCUT2D eigenvalue weighted by Gasteiger charge is 2.24. The lowest BCUT2D eigenvalue weighted by Gasteiger charge is -2.14. The average molecular weight is 355 g/mol. The van der Waals surface area contributed by atoms with Crippen LogP contribution in [0.2, 0.25) is 0 Å². The smallest absolute Gasteiger partial charge is 0.233 e. The van der Waals surface area contributed by atoms with Crippen molar-refractivity contribution in [3.63, 3.8) is 0 Å². The van der Waals surface area contributed by atoms with Crippen LogP contribution in [0, 0.1) is 27.7 Å². The first kappa shape index (κ1) is 17.3. The minimum atomic E-state index is 1.18. The van der Waals surface area contributed by atoms with E-state index < -0.39 is 0 Å². The Kier molecular flexibility index (Phi) is 4.23. The van der Waals surface area contributed by atoms with Gasteiger partial charge in [0.2, 0.25) is 5.69 Å². The van der Waals surface area contributed by atoms with Gasteiger partial charge in [-0.2, -0.15) is 4.57 Å². The molecule has 134 valence electrons. The second kappa shape index (κ2) is 6.58. The van der Waals surface area contributed by atoms with Gasteiger partial charge in [-0.25, -0.2) is 4.57 Å². The van der Waals surface area contributed by atoms with Gasteiger partial charge in [-0.1, -0.05) is 23.2 Å². The zero-order valence-corrected chi connectivity index (χ0v) is 16.6. The van der Waals surface area contributed by atoms with Crippen molar-refractivity contribution in [3.8, 4) is 16.9 Å². The number of aromatic nitrogens is 3. The average Bonchev–Trinajstić information content (AvgIpc) is 2.63. The van der Waals surface area contributed by atoms with E-state index in [4.69, 9.17) is 0 Å². The molecule has 4 aromatic rings. The van der Waals surface area contributed by atoms with E-state index in [2.05, 4.69) is 97.5 Å². The van der Waals surface area contributed by atoms with Crippen LogP contribution in [0.25, 0.3) is 27.7 Å². The molecule has 0 saturated heterocycles. The fourth-order valence-electron chi connectivity index (χ4n) is 4.17. The van der Waals surface area contributed by atoms with E-state index in [9.17, 15) is 0 Å². The molecule has 0 aliphatic rings. The van der Waals surface area contributed by atoms with Gasteiger partial charge in [0.25, 0.3) is 6.33 Å². The maximum Gasteiger partial charge on any atom is 0.286 e. The van der Waals surface area contributed by atoms with Gasteiger partial charge in [-0.05, 0) is 43.9 Å². The SMILES string of the molecule is Cc1cc(C)c(-[n+]2cc3ccccc3cc2C)c(C)c1-c1ccnc[n+]1C. The van der Waals surface area contributed by atoms with Crippen molar-refractivity contribution >= 4 is 10.8 Å². The molecule has 0 N–H and O–H groups in total. The molecule has 0 saturated carbocycles. The molecule has 3 heteroatoms. The number of pyridine rings is 1. The van der Waals surface area contributed by atoms with Crippen molar-refractivity contribution in [2.75, 3.05) is 0 Å². The fraction of sp³-hybridized carbons (Fsp3) is 0.208. The Bertz CT molecular complexity index is 1180. The quantitative estimate of drug-likeness (QED) is 0.493. The molecule has 0 fully saturated rings. The zero-order chi connectivity index (χ0) is 19.1. The lowest BCUT2D eigenvalue weighted by atomic mass is 9.94. The van der Waals surface area contributed by atoms with Crippen LogP contribution in [0.4, 0.5) is 0 Å². The highest BCUT2D eigenvalue weighted by Crippen LogP contribution is 2.30. The normalized spacial score (nSPS) is 11.1. The van der Waals surface area contributed by atoms with Gasteiger partial charge in [-0.15, -0.1) is 0 Å². The summed E-state index contributed by atoms with van der Waals surface area (Å²) < 4.78 is 4.42. The molecule has 0 aliphatic carbocycles. The van der Waals surface area contributed by atoms with Crippen LogP contribution >= 0.6 is 0 Å². The van der Waals surface area contributed by atoms with Crippen LogP contribution in [0.15, 0.2) is 61.2 Å². The van der Waals surface area contributed by atoms with Crippen molar-refractivity contribution in [1.82, 2.24) is 4.98 Å². The summed E-state index contributed by atoms with van der Waals surface area (Å²) in [6.07, 6.45) is 5.98. The molecule has 0 spiro atoms. The molecule has 2 heterocycles. The van der Waals surface area contributed by atoms with E-state index in [1.165, 1.54) is 50.1 Å².